The first-order valence-electron chi connectivity index (χ1n) is 8.70. The highest BCUT2D eigenvalue weighted by Gasteiger charge is 2.18. The van der Waals surface area contributed by atoms with Gasteiger partial charge in [0.05, 0.1) is 18.0 Å². The van der Waals surface area contributed by atoms with Crippen LogP contribution in [0.25, 0.3) is 10.9 Å². The largest absolute Gasteiger partial charge is 0.388 e. The fourth-order valence-corrected chi connectivity index (χ4v) is 3.16. The van der Waals surface area contributed by atoms with Crippen molar-refractivity contribution in [3.05, 3.63) is 71.2 Å². The van der Waals surface area contributed by atoms with Crippen LogP contribution < -0.4 is 0 Å². The van der Waals surface area contributed by atoms with Crippen molar-refractivity contribution < 1.29 is 14.3 Å². The molecule has 0 saturated heterocycles. The van der Waals surface area contributed by atoms with E-state index >= 15 is 0 Å². The van der Waals surface area contributed by atoms with E-state index in [1.165, 1.54) is 6.07 Å². The number of aromatic amines is 1. The van der Waals surface area contributed by atoms with Crippen LogP contribution in [0.3, 0.4) is 0 Å². The first-order chi connectivity index (χ1) is 12.5. The van der Waals surface area contributed by atoms with Crippen molar-refractivity contribution in [2.75, 3.05) is 13.6 Å². The summed E-state index contributed by atoms with van der Waals surface area (Å²) in [5.41, 5.74) is 2.90. The molecule has 2 N–H and O–H groups in total. The second-order valence-corrected chi connectivity index (χ2v) is 6.60. The van der Waals surface area contributed by atoms with Gasteiger partial charge in [-0.05, 0) is 30.5 Å². The molecule has 0 unspecified atom stereocenters. The maximum atomic E-state index is 13.9. The minimum absolute atomic E-state index is 0.0569. The molecule has 4 nitrogen and oxygen atoms in total. The molecule has 26 heavy (non-hydrogen) atoms. The summed E-state index contributed by atoms with van der Waals surface area (Å²) in [6.45, 7) is 2.30. The number of aryl methyl sites for hydroxylation is 1. The quantitative estimate of drug-likeness (QED) is 0.708. The minimum atomic E-state index is -0.602. The molecular formula is C21H23FN2O2. The average Bonchev–Trinajstić information content (AvgIpc) is 2.97. The molecule has 0 spiro atoms. The summed E-state index contributed by atoms with van der Waals surface area (Å²) >= 11 is 0. The van der Waals surface area contributed by atoms with Gasteiger partial charge in [0.15, 0.2) is 0 Å². The highest BCUT2D eigenvalue weighted by Crippen LogP contribution is 2.25. The van der Waals surface area contributed by atoms with E-state index in [9.17, 15) is 14.3 Å². The summed E-state index contributed by atoms with van der Waals surface area (Å²) < 4.78 is 13.9. The van der Waals surface area contributed by atoms with Crippen LogP contribution in [0.4, 0.5) is 4.39 Å². The number of nitrogens with one attached hydrogen (secondary N) is 1. The number of hydrogen-bond acceptors (Lipinski definition) is 2. The maximum Gasteiger partial charge on any atom is 0.226 e. The topological polar surface area (TPSA) is 56.3 Å². The third-order valence-corrected chi connectivity index (χ3v) is 4.78. The second kappa shape index (κ2) is 7.70. The van der Waals surface area contributed by atoms with Crippen molar-refractivity contribution in [3.63, 3.8) is 0 Å². The highest BCUT2D eigenvalue weighted by atomic mass is 19.1. The Labute approximate surface area is 152 Å². The van der Waals surface area contributed by atoms with Crippen molar-refractivity contribution in [3.8, 4) is 0 Å². The molecular weight excluding hydrogens is 331 g/mol. The van der Waals surface area contributed by atoms with Gasteiger partial charge in [-0.15, -0.1) is 0 Å². The molecule has 5 heteroatoms. The number of nitrogens with zero attached hydrogens (tertiary/aromatic N) is 1. The lowest BCUT2D eigenvalue weighted by molar-refractivity contribution is -0.129. The Morgan fingerprint density at radius 3 is 2.65 bits per heavy atom. The first-order valence-corrected chi connectivity index (χ1v) is 8.70. The number of halogens is 1. The molecule has 3 rings (SSSR count). The van der Waals surface area contributed by atoms with Gasteiger partial charge in [0.25, 0.3) is 0 Å². The van der Waals surface area contributed by atoms with E-state index in [0.717, 1.165) is 22.2 Å². The smallest absolute Gasteiger partial charge is 0.226 e. The third kappa shape index (κ3) is 3.78. The van der Waals surface area contributed by atoms with Crippen molar-refractivity contribution in [2.24, 2.45) is 0 Å². The van der Waals surface area contributed by atoms with E-state index in [4.69, 9.17) is 0 Å². The summed E-state index contributed by atoms with van der Waals surface area (Å²) in [6, 6.07) is 14.3. The number of H-pyrrole nitrogens is 1. The molecule has 0 saturated carbocycles. The van der Waals surface area contributed by atoms with Crippen LogP contribution in [0.1, 0.15) is 29.3 Å². The number of carbonyl (C=O) groups excluding carboxylic acids is 1. The number of benzene rings is 2. The first kappa shape index (κ1) is 18.1. The van der Waals surface area contributed by atoms with Crippen LogP contribution in [0.2, 0.25) is 0 Å². The number of aliphatic hydroxyl groups is 1. The molecule has 0 bridgehead atoms. The van der Waals surface area contributed by atoms with Crippen LogP contribution in [0.15, 0.2) is 48.5 Å². The van der Waals surface area contributed by atoms with Gasteiger partial charge in [0.2, 0.25) is 5.91 Å². The number of fused-ring (bicyclic) bond motifs is 1. The predicted octanol–water partition coefficient (Wildman–Crippen LogP) is 3.74. The zero-order valence-corrected chi connectivity index (χ0v) is 15.0. The van der Waals surface area contributed by atoms with Crippen molar-refractivity contribution in [1.29, 1.82) is 0 Å². The van der Waals surface area contributed by atoms with Crippen LogP contribution in [-0.4, -0.2) is 34.5 Å². The van der Waals surface area contributed by atoms with Crippen molar-refractivity contribution >= 4 is 16.8 Å². The number of rotatable bonds is 6. The maximum absolute atomic E-state index is 13.9. The van der Waals surface area contributed by atoms with E-state index in [-0.39, 0.29) is 18.1 Å². The Hall–Kier alpha value is -2.66. The van der Waals surface area contributed by atoms with Crippen LogP contribution in [-0.2, 0) is 11.2 Å². The van der Waals surface area contributed by atoms with Crippen LogP contribution in [0.5, 0.6) is 0 Å². The molecule has 1 heterocycles. The summed E-state index contributed by atoms with van der Waals surface area (Å²) in [5.74, 6) is -0.373. The number of likely N-dealkylation sites (N-methyl/N-ethyl adjacent to an activating group) is 1. The van der Waals surface area contributed by atoms with Gasteiger partial charge < -0.3 is 15.0 Å². The molecule has 0 aliphatic carbocycles. The number of para-hydroxylation sites is 1. The van der Waals surface area contributed by atoms with Gasteiger partial charge in [-0.3, -0.25) is 4.79 Å². The molecule has 1 aromatic heterocycles. The van der Waals surface area contributed by atoms with E-state index in [2.05, 4.69) is 4.98 Å². The Morgan fingerprint density at radius 2 is 1.92 bits per heavy atom. The normalized spacial score (nSPS) is 12.3. The third-order valence-electron chi connectivity index (χ3n) is 4.78. The molecule has 0 fully saturated rings. The van der Waals surface area contributed by atoms with E-state index in [1.807, 2.05) is 43.3 Å². The summed E-state index contributed by atoms with van der Waals surface area (Å²) in [5, 5.41) is 11.0. The van der Waals surface area contributed by atoms with Gasteiger partial charge in [0.1, 0.15) is 5.82 Å². The minimum Gasteiger partial charge on any atom is -0.388 e. The van der Waals surface area contributed by atoms with E-state index in [1.54, 1.807) is 18.0 Å². The zero-order valence-electron chi connectivity index (χ0n) is 15.0. The lowest BCUT2D eigenvalue weighted by Gasteiger charge is -2.19. The average molecular weight is 354 g/mol. The van der Waals surface area contributed by atoms with Crippen LogP contribution >= 0.6 is 0 Å². The van der Waals surface area contributed by atoms with E-state index < -0.39 is 6.10 Å². The number of aliphatic hydroxyl groups excluding tert-OH is 1. The molecule has 0 radical (unpaired) electrons. The molecule has 1 atom stereocenters. The Balaban J connectivity index is 1.65. The summed E-state index contributed by atoms with van der Waals surface area (Å²) in [7, 11) is 1.73. The number of carbonyl (C=O) groups is 1. The van der Waals surface area contributed by atoms with Gasteiger partial charge >= 0.3 is 0 Å². The SMILES string of the molecule is Cc1[nH]c2c(F)cccc2c1CC(=O)N(C)CC[C@H](O)c1ccccc1. The van der Waals surface area contributed by atoms with Crippen LogP contribution in [0, 0.1) is 12.7 Å². The fraction of sp³-hybridized carbons (Fsp3) is 0.286. The molecule has 136 valence electrons. The molecule has 2 aromatic carbocycles. The number of hydrogen-bond donors (Lipinski definition) is 2. The second-order valence-electron chi connectivity index (χ2n) is 6.60. The predicted molar refractivity (Wildman–Crippen MR) is 100 cm³/mol. The number of amides is 1. The van der Waals surface area contributed by atoms with Gasteiger partial charge in [-0.1, -0.05) is 42.5 Å². The summed E-state index contributed by atoms with van der Waals surface area (Å²) in [4.78, 5) is 17.2. The lowest BCUT2D eigenvalue weighted by Crippen LogP contribution is -2.30. The van der Waals surface area contributed by atoms with Gasteiger partial charge in [-0.25, -0.2) is 4.39 Å². The van der Waals surface area contributed by atoms with E-state index in [0.29, 0.717) is 18.5 Å². The summed E-state index contributed by atoms with van der Waals surface area (Å²) in [6.07, 6.45) is 0.0661. The fourth-order valence-electron chi connectivity index (χ4n) is 3.16. The molecule has 0 aliphatic rings. The van der Waals surface area contributed by atoms with Gasteiger partial charge in [0, 0.05) is 24.7 Å². The molecule has 3 aromatic rings. The highest BCUT2D eigenvalue weighted by molar-refractivity contribution is 5.90. The Bertz CT molecular complexity index is 905. The van der Waals surface area contributed by atoms with Crippen molar-refractivity contribution in [1.82, 2.24) is 9.88 Å². The van der Waals surface area contributed by atoms with Gasteiger partial charge in [-0.2, -0.15) is 0 Å². The zero-order chi connectivity index (χ0) is 18.7. The standard InChI is InChI=1S/C21H23FN2O2/c1-14-17(16-9-6-10-18(22)21(16)23-14)13-20(26)24(2)12-11-19(25)15-7-4-3-5-8-15/h3-10,19,23,25H,11-13H2,1-2H3/t19-/m0/s1. The van der Waals surface area contributed by atoms with Crippen molar-refractivity contribution in [2.45, 2.75) is 25.9 Å². The Morgan fingerprint density at radius 1 is 1.19 bits per heavy atom. The Kier molecular flexibility index (Phi) is 5.38. The monoisotopic (exact) mass is 354 g/mol. The number of aromatic nitrogens is 1. The molecule has 1 amide bonds. The molecule has 0 aliphatic heterocycles. The lowest BCUT2D eigenvalue weighted by atomic mass is 10.1.